The number of halogens is 1. The van der Waals surface area contributed by atoms with Gasteiger partial charge in [-0.3, -0.25) is 14.5 Å². The lowest BCUT2D eigenvalue weighted by atomic mass is 9.87. The fraction of sp³-hybridized carbons (Fsp3) is 0.414. The Balaban J connectivity index is 2.00. The Morgan fingerprint density at radius 1 is 1.22 bits per heavy atom. The zero-order valence-electron chi connectivity index (χ0n) is 22.3. The predicted octanol–water partition coefficient (Wildman–Crippen LogP) is 5.70. The number of aromatic nitrogens is 2. The molecule has 0 saturated carbocycles. The Bertz CT molecular complexity index is 1310. The zero-order valence-corrected chi connectivity index (χ0v) is 23.2. The van der Waals surface area contributed by atoms with Crippen molar-refractivity contribution in [3.8, 4) is 5.69 Å². The molecule has 6 nitrogen and oxygen atoms in total. The molecule has 0 unspecified atom stereocenters. The van der Waals surface area contributed by atoms with Crippen molar-refractivity contribution in [3.05, 3.63) is 76.7 Å². The summed E-state index contributed by atoms with van der Waals surface area (Å²) in [6.45, 7) is 12.1. The van der Waals surface area contributed by atoms with Gasteiger partial charge in [-0.1, -0.05) is 58.0 Å². The van der Waals surface area contributed by atoms with E-state index in [0.717, 1.165) is 34.5 Å². The second-order valence-corrected chi connectivity index (χ2v) is 11.7. The summed E-state index contributed by atoms with van der Waals surface area (Å²) in [5.41, 5.74) is 3.87. The number of benzene rings is 2. The Hall–Kier alpha value is -3.13. The summed E-state index contributed by atoms with van der Waals surface area (Å²) in [6, 6.07) is 14.4. The van der Waals surface area contributed by atoms with E-state index in [0.29, 0.717) is 5.82 Å². The van der Waals surface area contributed by atoms with Crippen LogP contribution in [0.5, 0.6) is 0 Å². The van der Waals surface area contributed by atoms with Crippen molar-refractivity contribution in [2.45, 2.75) is 64.7 Å². The first-order valence-corrected chi connectivity index (χ1v) is 13.7. The van der Waals surface area contributed by atoms with E-state index in [-0.39, 0.29) is 46.6 Å². The highest BCUT2D eigenvalue weighted by Gasteiger charge is 2.40. The van der Waals surface area contributed by atoms with Crippen LogP contribution in [0.4, 0.5) is 10.2 Å². The minimum absolute atomic E-state index is 0.00474. The molecule has 2 atom stereocenters. The quantitative estimate of drug-likeness (QED) is 0.451. The first-order valence-electron chi connectivity index (χ1n) is 12.7. The molecule has 1 aromatic heterocycles. The maximum atomic E-state index is 14.4. The number of thioether (sulfide) groups is 1. The molecule has 2 aromatic carbocycles. The SMILES string of the molecule is CC[C@@H](C)NC(=O)CN1C(=O)CS[C@@H](c2cccc(F)c2)c2c(C(C)(C)C)nn(-c3ccccc3C)c21. The van der Waals surface area contributed by atoms with Crippen LogP contribution in [0.2, 0.25) is 0 Å². The lowest BCUT2D eigenvalue weighted by Crippen LogP contribution is -2.44. The summed E-state index contributed by atoms with van der Waals surface area (Å²) in [6.07, 6.45) is 0.789. The fourth-order valence-corrected chi connectivity index (χ4v) is 5.73. The lowest BCUT2D eigenvalue weighted by molar-refractivity contribution is -0.123. The second-order valence-electron chi connectivity index (χ2n) is 10.6. The van der Waals surface area contributed by atoms with Crippen LogP contribution in [-0.4, -0.2) is 39.9 Å². The van der Waals surface area contributed by atoms with Gasteiger partial charge in [0.1, 0.15) is 18.2 Å². The number of hydrogen-bond acceptors (Lipinski definition) is 4. The maximum Gasteiger partial charge on any atom is 0.240 e. The van der Waals surface area contributed by atoms with Gasteiger partial charge in [0.05, 0.1) is 22.4 Å². The van der Waals surface area contributed by atoms with Crippen molar-refractivity contribution in [2.24, 2.45) is 0 Å². The number of para-hydroxylation sites is 1. The van der Waals surface area contributed by atoms with E-state index in [1.54, 1.807) is 15.6 Å². The minimum atomic E-state index is -0.373. The standard InChI is InChI=1S/C29H35FN4O2S/c1-7-19(3)31-23(35)16-33-24(36)17-37-26(20-12-10-13-21(30)15-20)25-27(29(4,5)6)32-34(28(25)33)22-14-9-8-11-18(22)2/h8-15,19,26H,7,16-17H2,1-6H3,(H,31,35)/t19-,26+/m1/s1. The number of hydrogen-bond donors (Lipinski definition) is 1. The average molecular weight is 523 g/mol. The molecule has 4 rings (SSSR count). The van der Waals surface area contributed by atoms with Crippen LogP contribution in [-0.2, 0) is 15.0 Å². The smallest absolute Gasteiger partial charge is 0.240 e. The van der Waals surface area contributed by atoms with Gasteiger partial charge in [-0.15, -0.1) is 11.8 Å². The van der Waals surface area contributed by atoms with Crippen molar-refractivity contribution in [1.82, 2.24) is 15.1 Å². The fourth-order valence-electron chi connectivity index (χ4n) is 4.54. The number of nitrogens with one attached hydrogen (secondary N) is 1. The molecule has 1 aliphatic heterocycles. The Morgan fingerprint density at radius 2 is 1.95 bits per heavy atom. The molecule has 196 valence electrons. The molecule has 0 bridgehead atoms. The molecule has 37 heavy (non-hydrogen) atoms. The molecule has 3 aromatic rings. The number of amides is 2. The summed E-state index contributed by atoms with van der Waals surface area (Å²) >= 11 is 1.45. The van der Waals surface area contributed by atoms with Crippen LogP contribution in [0.25, 0.3) is 5.69 Å². The number of rotatable bonds is 6. The number of anilines is 1. The van der Waals surface area contributed by atoms with Gasteiger partial charge in [-0.2, -0.15) is 5.10 Å². The molecule has 8 heteroatoms. The Morgan fingerprint density at radius 3 is 2.59 bits per heavy atom. The molecule has 0 fully saturated rings. The number of carbonyl (C=O) groups is 2. The zero-order chi connectivity index (χ0) is 26.9. The van der Waals surface area contributed by atoms with Gasteiger partial charge in [0.25, 0.3) is 0 Å². The molecular formula is C29H35FN4O2S. The highest BCUT2D eigenvalue weighted by molar-refractivity contribution is 8.00. The topological polar surface area (TPSA) is 67.2 Å². The molecule has 0 aliphatic carbocycles. The van der Waals surface area contributed by atoms with Crippen molar-refractivity contribution in [2.75, 3.05) is 17.2 Å². The van der Waals surface area contributed by atoms with E-state index in [4.69, 9.17) is 5.10 Å². The van der Waals surface area contributed by atoms with Gasteiger partial charge >= 0.3 is 0 Å². The van der Waals surface area contributed by atoms with E-state index >= 15 is 0 Å². The molecule has 2 amide bonds. The predicted molar refractivity (Wildman–Crippen MR) is 148 cm³/mol. The summed E-state index contributed by atoms with van der Waals surface area (Å²) in [7, 11) is 0. The summed E-state index contributed by atoms with van der Waals surface area (Å²) in [5.74, 6) is -0.00662. The summed E-state index contributed by atoms with van der Waals surface area (Å²) in [4.78, 5) is 28.3. The van der Waals surface area contributed by atoms with Crippen LogP contribution in [0.15, 0.2) is 48.5 Å². The maximum absolute atomic E-state index is 14.4. The first kappa shape index (κ1) is 26.9. The van der Waals surface area contributed by atoms with Gasteiger partial charge in [-0.25, -0.2) is 9.07 Å². The second kappa shape index (κ2) is 10.7. The van der Waals surface area contributed by atoms with Crippen molar-refractivity contribution < 1.29 is 14.0 Å². The first-order chi connectivity index (χ1) is 17.5. The van der Waals surface area contributed by atoms with Gasteiger partial charge < -0.3 is 5.32 Å². The minimum Gasteiger partial charge on any atom is -0.352 e. The van der Waals surface area contributed by atoms with Gasteiger partial charge in [-0.05, 0) is 49.6 Å². The van der Waals surface area contributed by atoms with E-state index in [1.807, 2.05) is 51.1 Å². The number of aryl methyl sites for hydroxylation is 1. The Labute approximate surface area is 222 Å². The monoisotopic (exact) mass is 522 g/mol. The van der Waals surface area contributed by atoms with Crippen molar-refractivity contribution in [3.63, 3.8) is 0 Å². The van der Waals surface area contributed by atoms with Crippen molar-refractivity contribution >= 4 is 29.4 Å². The van der Waals surface area contributed by atoms with Crippen LogP contribution in [0.3, 0.4) is 0 Å². The number of nitrogens with zero attached hydrogens (tertiary/aromatic N) is 3. The molecule has 0 radical (unpaired) electrons. The molecule has 0 saturated heterocycles. The summed E-state index contributed by atoms with van der Waals surface area (Å²) in [5, 5.41) is 7.75. The third-order valence-corrected chi connectivity index (χ3v) is 7.87. The summed E-state index contributed by atoms with van der Waals surface area (Å²) < 4.78 is 16.2. The van der Waals surface area contributed by atoms with Gasteiger partial charge in [0.2, 0.25) is 11.8 Å². The third kappa shape index (κ3) is 5.59. The largest absolute Gasteiger partial charge is 0.352 e. The average Bonchev–Trinajstić information content (AvgIpc) is 3.17. The molecular weight excluding hydrogens is 487 g/mol. The molecule has 2 heterocycles. The van der Waals surface area contributed by atoms with E-state index < -0.39 is 0 Å². The lowest BCUT2D eigenvalue weighted by Gasteiger charge is -2.25. The van der Waals surface area contributed by atoms with E-state index in [9.17, 15) is 14.0 Å². The highest BCUT2D eigenvalue weighted by Crippen LogP contribution is 2.48. The number of fused-ring (bicyclic) bond motifs is 1. The van der Waals surface area contributed by atoms with E-state index in [2.05, 4.69) is 26.1 Å². The van der Waals surface area contributed by atoms with Crippen molar-refractivity contribution in [1.29, 1.82) is 0 Å². The van der Waals surface area contributed by atoms with Gasteiger partial charge in [0, 0.05) is 17.0 Å². The van der Waals surface area contributed by atoms with Crippen LogP contribution >= 0.6 is 11.8 Å². The molecule has 0 spiro atoms. The molecule has 1 aliphatic rings. The van der Waals surface area contributed by atoms with Crippen LogP contribution < -0.4 is 10.2 Å². The third-order valence-electron chi connectivity index (χ3n) is 6.62. The Kier molecular flexibility index (Phi) is 7.78. The number of carbonyl (C=O) groups excluding carboxylic acids is 2. The van der Waals surface area contributed by atoms with Crippen LogP contribution in [0.1, 0.15) is 68.7 Å². The normalized spacial score (nSPS) is 16.8. The van der Waals surface area contributed by atoms with Gasteiger partial charge in [0.15, 0.2) is 0 Å². The molecule has 1 N–H and O–H groups in total. The van der Waals surface area contributed by atoms with Crippen LogP contribution in [0, 0.1) is 12.7 Å². The highest BCUT2D eigenvalue weighted by atomic mass is 32.2. The van der Waals surface area contributed by atoms with E-state index in [1.165, 1.54) is 23.9 Å².